The van der Waals surface area contributed by atoms with E-state index < -0.39 is 22.2 Å². The summed E-state index contributed by atoms with van der Waals surface area (Å²) in [5.41, 5.74) is 2.95. The van der Waals surface area contributed by atoms with E-state index in [-0.39, 0.29) is 35.6 Å². The van der Waals surface area contributed by atoms with Crippen LogP contribution >= 0.6 is 0 Å². The number of ether oxygens (including phenoxy) is 1. The first-order chi connectivity index (χ1) is 16.6. The predicted octanol–water partition coefficient (Wildman–Crippen LogP) is 3.69. The smallest absolute Gasteiger partial charge is 0.247 e. The van der Waals surface area contributed by atoms with Crippen molar-refractivity contribution in [3.63, 3.8) is 0 Å². The summed E-state index contributed by atoms with van der Waals surface area (Å²) in [4.78, 5) is 14.5. The van der Waals surface area contributed by atoms with Gasteiger partial charge in [0.05, 0.1) is 13.2 Å². The Morgan fingerprint density at radius 1 is 1.17 bits per heavy atom. The quantitative estimate of drug-likeness (QED) is 0.627. The average Bonchev–Trinajstić information content (AvgIpc) is 3.65. The molecule has 4 rings (SSSR count). The molecule has 2 aromatic rings. The molecule has 0 saturated heterocycles. The third-order valence-electron chi connectivity index (χ3n) is 7.09. The van der Waals surface area contributed by atoms with Crippen molar-refractivity contribution in [1.82, 2.24) is 9.21 Å². The maximum Gasteiger partial charge on any atom is 0.247 e. The fraction of sp³-hybridized carbons (Fsp3) is 0.519. The standard InChI is InChI=1S/C27H36N2O5S/c1-18-5-9-22(10-6-18)23-11-12-26-24(14-23)34-25(16-28(4)27(31)13-21-7-8-21)19(2)15-29(20(3)17-30)35(26,32)33/h5-6,9-12,14,19-21,25,30H,7-8,13,15-17H2,1-4H3/t19-,20-,25-/m1/s1. The Bertz CT molecular complexity index is 1160. The highest BCUT2D eigenvalue weighted by atomic mass is 32.2. The second-order valence-corrected chi connectivity index (χ2v) is 12.0. The van der Waals surface area contributed by atoms with Crippen molar-refractivity contribution < 1.29 is 23.1 Å². The molecule has 1 saturated carbocycles. The number of benzene rings is 2. The molecule has 35 heavy (non-hydrogen) atoms. The molecule has 2 aromatic carbocycles. The molecule has 3 atom stereocenters. The van der Waals surface area contributed by atoms with Crippen LogP contribution in [0.15, 0.2) is 47.4 Å². The molecule has 190 valence electrons. The van der Waals surface area contributed by atoms with Crippen molar-refractivity contribution in [3.05, 3.63) is 48.0 Å². The van der Waals surface area contributed by atoms with Crippen molar-refractivity contribution in [1.29, 1.82) is 0 Å². The zero-order valence-electron chi connectivity index (χ0n) is 21.0. The Balaban J connectivity index is 1.72. The van der Waals surface area contributed by atoms with Gasteiger partial charge in [-0.15, -0.1) is 0 Å². The lowest BCUT2D eigenvalue weighted by atomic mass is 10.0. The highest BCUT2D eigenvalue weighted by Gasteiger charge is 2.38. The number of hydrogen-bond acceptors (Lipinski definition) is 5. The van der Waals surface area contributed by atoms with Gasteiger partial charge in [-0.05, 0) is 55.9 Å². The van der Waals surface area contributed by atoms with Crippen LogP contribution in [0.4, 0.5) is 0 Å². The molecule has 1 heterocycles. The predicted molar refractivity (Wildman–Crippen MR) is 136 cm³/mol. The Labute approximate surface area is 208 Å². The van der Waals surface area contributed by atoms with Crippen LogP contribution in [-0.4, -0.2) is 67.5 Å². The topological polar surface area (TPSA) is 87.2 Å². The van der Waals surface area contributed by atoms with Crippen LogP contribution < -0.4 is 4.74 Å². The third kappa shape index (κ3) is 5.71. The van der Waals surface area contributed by atoms with Crippen molar-refractivity contribution in [2.45, 2.75) is 57.1 Å². The summed E-state index contributed by atoms with van der Waals surface area (Å²) in [5.74, 6) is 0.653. The van der Waals surface area contributed by atoms with E-state index in [1.807, 2.05) is 38.1 Å². The largest absolute Gasteiger partial charge is 0.487 e. The van der Waals surface area contributed by atoms with Crippen LogP contribution in [0.25, 0.3) is 11.1 Å². The van der Waals surface area contributed by atoms with Gasteiger partial charge in [0.2, 0.25) is 15.9 Å². The number of amides is 1. The number of nitrogens with zero attached hydrogens (tertiary/aromatic N) is 2. The van der Waals surface area contributed by atoms with Crippen LogP contribution in [0.2, 0.25) is 0 Å². The molecule has 0 aromatic heterocycles. The van der Waals surface area contributed by atoms with Gasteiger partial charge in [-0.3, -0.25) is 4.79 Å². The third-order valence-corrected chi connectivity index (χ3v) is 9.11. The van der Waals surface area contributed by atoms with E-state index in [1.54, 1.807) is 37.1 Å². The molecule has 0 unspecified atom stereocenters. The summed E-state index contributed by atoms with van der Waals surface area (Å²) >= 11 is 0. The van der Waals surface area contributed by atoms with Crippen LogP contribution in [0.5, 0.6) is 5.75 Å². The second-order valence-electron chi connectivity index (χ2n) is 10.2. The van der Waals surface area contributed by atoms with Crippen molar-refractivity contribution in [2.75, 3.05) is 26.7 Å². The lowest BCUT2D eigenvalue weighted by Crippen LogP contribution is -2.50. The highest BCUT2D eigenvalue weighted by molar-refractivity contribution is 7.89. The van der Waals surface area contributed by atoms with Gasteiger partial charge in [-0.2, -0.15) is 4.31 Å². The van der Waals surface area contributed by atoms with Gasteiger partial charge in [0.15, 0.2) is 0 Å². The molecule has 2 aliphatic rings. The number of aliphatic hydroxyl groups excluding tert-OH is 1. The van der Waals surface area contributed by atoms with E-state index in [2.05, 4.69) is 0 Å². The Kier molecular flexibility index (Phi) is 7.54. The monoisotopic (exact) mass is 500 g/mol. The Hall–Kier alpha value is -2.42. The molecule has 1 fully saturated rings. The van der Waals surface area contributed by atoms with E-state index in [0.29, 0.717) is 18.9 Å². The molecule has 7 nitrogen and oxygen atoms in total. The molecule has 8 heteroatoms. The van der Waals surface area contributed by atoms with E-state index in [0.717, 1.165) is 29.5 Å². The van der Waals surface area contributed by atoms with Crippen molar-refractivity contribution in [2.24, 2.45) is 11.8 Å². The lowest BCUT2D eigenvalue weighted by molar-refractivity contribution is -0.131. The summed E-state index contributed by atoms with van der Waals surface area (Å²) in [7, 11) is -2.11. The number of aryl methyl sites for hydroxylation is 1. The van der Waals surface area contributed by atoms with Crippen LogP contribution in [-0.2, 0) is 14.8 Å². The maximum absolute atomic E-state index is 13.7. The number of carbonyl (C=O) groups is 1. The Morgan fingerprint density at radius 3 is 2.46 bits per heavy atom. The summed E-state index contributed by atoms with van der Waals surface area (Å²) in [6, 6.07) is 12.6. The molecule has 1 aliphatic heterocycles. The number of carbonyl (C=O) groups excluding carboxylic acids is 1. The fourth-order valence-electron chi connectivity index (χ4n) is 4.47. The van der Waals surface area contributed by atoms with Gasteiger partial charge in [0, 0.05) is 32.0 Å². The first kappa shape index (κ1) is 25.7. The van der Waals surface area contributed by atoms with Gasteiger partial charge in [-0.1, -0.05) is 42.8 Å². The molecule has 0 spiro atoms. The number of aliphatic hydroxyl groups is 1. The van der Waals surface area contributed by atoms with Crippen molar-refractivity contribution in [3.8, 4) is 16.9 Å². The molecule has 1 N–H and O–H groups in total. The van der Waals surface area contributed by atoms with Gasteiger partial charge >= 0.3 is 0 Å². The molecule has 0 radical (unpaired) electrons. The summed E-state index contributed by atoms with van der Waals surface area (Å²) in [6.45, 7) is 5.93. The minimum Gasteiger partial charge on any atom is -0.487 e. The summed E-state index contributed by atoms with van der Waals surface area (Å²) in [6.07, 6.45) is 2.36. The normalized spacial score (nSPS) is 22.9. The minimum absolute atomic E-state index is 0.0810. The molecule has 1 amide bonds. The highest BCUT2D eigenvalue weighted by Crippen LogP contribution is 2.37. The molecular weight excluding hydrogens is 464 g/mol. The number of fused-ring (bicyclic) bond motifs is 1. The SMILES string of the molecule is Cc1ccc(-c2ccc3c(c2)O[C@H](CN(C)C(=O)CC2CC2)[C@H](C)CN([C@H](C)CO)S3(=O)=O)cc1. The number of likely N-dealkylation sites (N-methyl/N-ethyl adjacent to an activating group) is 1. The van der Waals surface area contributed by atoms with Gasteiger partial charge in [0.25, 0.3) is 0 Å². The van der Waals surface area contributed by atoms with E-state index in [9.17, 15) is 18.3 Å². The first-order valence-electron chi connectivity index (χ1n) is 12.3. The van der Waals surface area contributed by atoms with Gasteiger partial charge in [-0.25, -0.2) is 8.42 Å². The van der Waals surface area contributed by atoms with Crippen LogP contribution in [0.1, 0.15) is 38.7 Å². The Morgan fingerprint density at radius 2 is 1.83 bits per heavy atom. The molecule has 1 aliphatic carbocycles. The first-order valence-corrected chi connectivity index (χ1v) is 13.8. The van der Waals surface area contributed by atoms with Gasteiger partial charge < -0.3 is 14.7 Å². The van der Waals surface area contributed by atoms with Crippen LogP contribution in [0.3, 0.4) is 0 Å². The summed E-state index contributed by atoms with van der Waals surface area (Å²) < 4.78 is 35.1. The van der Waals surface area contributed by atoms with Gasteiger partial charge in [0.1, 0.15) is 16.7 Å². The lowest BCUT2D eigenvalue weighted by Gasteiger charge is -2.37. The molecular formula is C27H36N2O5S. The minimum atomic E-state index is -3.90. The maximum atomic E-state index is 13.7. The van der Waals surface area contributed by atoms with Crippen molar-refractivity contribution >= 4 is 15.9 Å². The van der Waals surface area contributed by atoms with E-state index in [4.69, 9.17) is 4.74 Å². The van der Waals surface area contributed by atoms with Crippen LogP contribution in [0, 0.1) is 18.8 Å². The fourth-order valence-corrected chi connectivity index (χ4v) is 6.29. The van der Waals surface area contributed by atoms with E-state index in [1.165, 1.54) is 4.31 Å². The zero-order valence-corrected chi connectivity index (χ0v) is 21.8. The van der Waals surface area contributed by atoms with E-state index >= 15 is 0 Å². The number of hydrogen-bond donors (Lipinski definition) is 1. The molecule has 0 bridgehead atoms. The number of sulfonamides is 1. The second kappa shape index (κ2) is 10.3. The summed E-state index contributed by atoms with van der Waals surface area (Å²) in [5, 5.41) is 9.81. The zero-order chi connectivity index (χ0) is 25.3. The average molecular weight is 501 g/mol. The number of rotatable bonds is 7.